The zero-order chi connectivity index (χ0) is 6.41. The van der Waals surface area contributed by atoms with Gasteiger partial charge in [-0.15, -0.1) is 0 Å². The van der Waals surface area contributed by atoms with Gasteiger partial charge in [0, 0.05) is 25.9 Å². The molecule has 0 rings (SSSR count). The van der Waals surface area contributed by atoms with Gasteiger partial charge in [0.05, 0.1) is 6.61 Å². The maximum absolute atomic E-state index is 10.4. The van der Waals surface area contributed by atoms with Crippen molar-refractivity contribution in [1.82, 2.24) is 0 Å². The molecule has 0 aromatic heterocycles. The molecule has 0 unspecified atom stereocenters. The summed E-state index contributed by atoms with van der Waals surface area (Å²) in [6.45, 7) is 4.27. The van der Waals surface area contributed by atoms with Gasteiger partial charge in [-0.25, -0.2) is 0 Å². The van der Waals surface area contributed by atoms with E-state index in [2.05, 4.69) is 4.74 Å². The van der Waals surface area contributed by atoms with Crippen LogP contribution >= 0.6 is 0 Å². The van der Waals surface area contributed by atoms with Crippen LogP contribution in [0.15, 0.2) is 0 Å². The van der Waals surface area contributed by atoms with Crippen LogP contribution in [0.5, 0.6) is 0 Å². The van der Waals surface area contributed by atoms with Gasteiger partial charge in [0.15, 0.2) is 0 Å². The third-order valence-electron chi connectivity index (χ3n) is 0.759. The Morgan fingerprint density at radius 2 is 2.00 bits per heavy atom. The van der Waals surface area contributed by atoms with E-state index in [1.807, 2.05) is 13.8 Å². The van der Waals surface area contributed by atoms with Crippen molar-refractivity contribution < 1.29 is 29.0 Å². The summed E-state index contributed by atoms with van der Waals surface area (Å²) < 4.78 is 4.64. The maximum Gasteiger partial charge on any atom is 0.305 e. The Morgan fingerprint density at radius 3 is 2.33 bits per heavy atom. The van der Waals surface area contributed by atoms with Gasteiger partial charge in [-0.1, -0.05) is 6.92 Å². The molecule has 0 saturated heterocycles. The average Bonchev–Trinajstić information content (AvgIpc) is 1.68. The van der Waals surface area contributed by atoms with Crippen LogP contribution in [0, 0.1) is 0 Å². The zero-order valence-electron chi connectivity index (χ0n) is 6.14. The summed E-state index contributed by atoms with van der Waals surface area (Å²) in [5, 5.41) is 0. The van der Waals surface area contributed by atoms with Crippen molar-refractivity contribution in [1.29, 1.82) is 0 Å². The summed E-state index contributed by atoms with van der Waals surface area (Å²) in [4.78, 5) is 10.4. The first kappa shape index (κ1) is 11.8. The molecule has 0 heterocycles. The van der Waals surface area contributed by atoms with Crippen molar-refractivity contribution in [2.45, 2.75) is 26.7 Å². The SMILES string of the molecule is CCCC(=O)OCC.[Zn]. The third-order valence-corrected chi connectivity index (χ3v) is 0.759. The minimum Gasteiger partial charge on any atom is -0.466 e. The Bertz CT molecular complexity index is 65.5. The van der Waals surface area contributed by atoms with E-state index in [4.69, 9.17) is 0 Å². The second-order valence-electron chi connectivity index (χ2n) is 1.56. The minimum absolute atomic E-state index is 0. The summed E-state index contributed by atoms with van der Waals surface area (Å²) in [6, 6.07) is 0. The topological polar surface area (TPSA) is 26.3 Å². The van der Waals surface area contributed by atoms with Crippen LogP contribution in [0.25, 0.3) is 0 Å². The van der Waals surface area contributed by atoms with Gasteiger partial charge in [-0.3, -0.25) is 4.79 Å². The number of carbonyl (C=O) groups is 1. The Kier molecular flexibility index (Phi) is 10.6. The Balaban J connectivity index is 0. The van der Waals surface area contributed by atoms with Crippen molar-refractivity contribution in [3.63, 3.8) is 0 Å². The van der Waals surface area contributed by atoms with Crippen LogP contribution in [0.1, 0.15) is 26.7 Å². The summed E-state index contributed by atoms with van der Waals surface area (Å²) in [5.74, 6) is -0.0880. The number of hydrogen-bond donors (Lipinski definition) is 0. The Morgan fingerprint density at radius 1 is 1.44 bits per heavy atom. The van der Waals surface area contributed by atoms with E-state index in [1.54, 1.807) is 0 Å². The van der Waals surface area contributed by atoms with Gasteiger partial charge in [-0.05, 0) is 13.3 Å². The molecule has 0 aliphatic carbocycles. The van der Waals surface area contributed by atoms with E-state index < -0.39 is 0 Å². The van der Waals surface area contributed by atoms with Crippen LogP contribution in [0.3, 0.4) is 0 Å². The normalized spacial score (nSPS) is 7.78. The van der Waals surface area contributed by atoms with E-state index >= 15 is 0 Å². The fourth-order valence-electron chi connectivity index (χ4n) is 0.437. The molecule has 0 bridgehead atoms. The first-order chi connectivity index (χ1) is 3.81. The van der Waals surface area contributed by atoms with Crippen LogP contribution in [-0.4, -0.2) is 12.6 Å². The van der Waals surface area contributed by atoms with E-state index in [-0.39, 0.29) is 25.4 Å². The van der Waals surface area contributed by atoms with Crippen molar-refractivity contribution in [3.8, 4) is 0 Å². The largest absolute Gasteiger partial charge is 0.466 e. The summed E-state index contributed by atoms with van der Waals surface area (Å²) in [5.41, 5.74) is 0. The molecule has 0 fully saturated rings. The molecular weight excluding hydrogens is 169 g/mol. The van der Waals surface area contributed by atoms with Crippen LogP contribution < -0.4 is 0 Å². The van der Waals surface area contributed by atoms with Gasteiger partial charge in [0.25, 0.3) is 0 Å². The summed E-state index contributed by atoms with van der Waals surface area (Å²) in [6.07, 6.45) is 1.42. The summed E-state index contributed by atoms with van der Waals surface area (Å²) >= 11 is 0. The molecule has 0 radical (unpaired) electrons. The number of carbonyl (C=O) groups excluding carboxylic acids is 1. The van der Waals surface area contributed by atoms with E-state index in [9.17, 15) is 4.79 Å². The average molecular weight is 182 g/mol. The second-order valence-corrected chi connectivity index (χ2v) is 1.56. The van der Waals surface area contributed by atoms with E-state index in [0.29, 0.717) is 13.0 Å². The fraction of sp³-hybridized carbons (Fsp3) is 0.833. The van der Waals surface area contributed by atoms with Gasteiger partial charge < -0.3 is 4.74 Å². The molecule has 2 nitrogen and oxygen atoms in total. The standard InChI is InChI=1S/C6H12O2.Zn/c1-3-5-6(7)8-4-2;/h3-5H2,1-2H3;. The van der Waals surface area contributed by atoms with Gasteiger partial charge in [0.1, 0.15) is 0 Å². The van der Waals surface area contributed by atoms with E-state index in [1.165, 1.54) is 0 Å². The molecule has 0 saturated carbocycles. The predicted molar refractivity (Wildman–Crippen MR) is 31.5 cm³/mol. The fourth-order valence-corrected chi connectivity index (χ4v) is 0.437. The molecule has 50 valence electrons. The first-order valence-corrected chi connectivity index (χ1v) is 2.96. The molecule has 0 amide bonds. The van der Waals surface area contributed by atoms with Crippen LogP contribution in [0.2, 0.25) is 0 Å². The molecule has 0 aromatic carbocycles. The van der Waals surface area contributed by atoms with Crippen molar-refractivity contribution in [2.24, 2.45) is 0 Å². The molecule has 9 heavy (non-hydrogen) atoms. The molecular formula is C6H12O2Zn. The smallest absolute Gasteiger partial charge is 0.305 e. The quantitative estimate of drug-likeness (QED) is 0.485. The number of esters is 1. The number of hydrogen-bond acceptors (Lipinski definition) is 2. The third kappa shape index (κ3) is 8.09. The van der Waals surface area contributed by atoms with E-state index in [0.717, 1.165) is 6.42 Å². The molecule has 0 aliphatic heterocycles. The molecule has 0 N–H and O–H groups in total. The predicted octanol–water partition coefficient (Wildman–Crippen LogP) is 1.35. The second kappa shape index (κ2) is 8.09. The molecule has 0 aromatic rings. The monoisotopic (exact) mass is 180 g/mol. The van der Waals surface area contributed by atoms with Crippen LogP contribution in [0.4, 0.5) is 0 Å². The Hall–Kier alpha value is 0.0934. The summed E-state index contributed by atoms with van der Waals surface area (Å²) in [7, 11) is 0. The van der Waals surface area contributed by atoms with Gasteiger partial charge >= 0.3 is 5.97 Å². The van der Waals surface area contributed by atoms with Crippen molar-refractivity contribution >= 4 is 5.97 Å². The van der Waals surface area contributed by atoms with Crippen molar-refractivity contribution in [2.75, 3.05) is 6.61 Å². The van der Waals surface area contributed by atoms with Gasteiger partial charge in [-0.2, -0.15) is 0 Å². The van der Waals surface area contributed by atoms with Crippen molar-refractivity contribution in [3.05, 3.63) is 0 Å². The first-order valence-electron chi connectivity index (χ1n) is 2.96. The van der Waals surface area contributed by atoms with Gasteiger partial charge in [0.2, 0.25) is 0 Å². The van der Waals surface area contributed by atoms with Crippen LogP contribution in [-0.2, 0) is 29.0 Å². The zero-order valence-corrected chi connectivity index (χ0v) is 9.11. The Labute approximate surface area is 68.7 Å². The minimum atomic E-state index is -0.0880. The number of ether oxygens (including phenoxy) is 1. The maximum atomic E-state index is 10.4. The molecule has 0 aliphatic rings. The number of rotatable bonds is 3. The molecule has 0 spiro atoms. The molecule has 0 atom stereocenters. The molecule has 3 heteroatoms.